The van der Waals surface area contributed by atoms with Gasteiger partial charge >= 0.3 is 6.18 Å². The molecule has 1 saturated heterocycles. The van der Waals surface area contributed by atoms with E-state index in [1.807, 2.05) is 0 Å². The van der Waals surface area contributed by atoms with E-state index >= 15 is 0 Å². The number of hydrogen-bond donors (Lipinski definition) is 0. The van der Waals surface area contributed by atoms with Crippen molar-refractivity contribution >= 4 is 5.95 Å². The maximum atomic E-state index is 14.2. The Bertz CT molecular complexity index is 957. The van der Waals surface area contributed by atoms with Crippen LogP contribution in [0.1, 0.15) is 11.1 Å². The molecule has 2 aromatic carbocycles. The van der Waals surface area contributed by atoms with Crippen LogP contribution in [0.3, 0.4) is 0 Å². The first-order valence-electron chi connectivity index (χ1n) is 9.33. The van der Waals surface area contributed by atoms with Crippen molar-refractivity contribution in [3.8, 4) is 5.69 Å². The van der Waals surface area contributed by atoms with Crippen LogP contribution in [0.15, 0.2) is 60.9 Å². The summed E-state index contributed by atoms with van der Waals surface area (Å²) < 4.78 is 54.0. The molecule has 0 radical (unpaired) electrons. The molecule has 1 aliphatic heterocycles. The second kappa shape index (κ2) is 7.87. The quantitative estimate of drug-likeness (QED) is 0.605. The molecule has 0 aliphatic carbocycles. The van der Waals surface area contributed by atoms with Gasteiger partial charge in [0.2, 0.25) is 5.95 Å². The van der Waals surface area contributed by atoms with E-state index in [1.165, 1.54) is 18.2 Å². The number of hydrogen-bond acceptors (Lipinski definition) is 3. The molecule has 0 unspecified atom stereocenters. The van der Waals surface area contributed by atoms with Crippen molar-refractivity contribution in [1.82, 2.24) is 14.5 Å². The third kappa shape index (κ3) is 4.27. The molecule has 4 nitrogen and oxygen atoms in total. The van der Waals surface area contributed by atoms with Crippen LogP contribution in [-0.4, -0.2) is 40.6 Å². The zero-order valence-electron chi connectivity index (χ0n) is 15.6. The standard InChI is InChI=1S/C21H20F4N4/c22-18-3-1-2-4-19(18)29-10-9-26-20(29)28-13-11-27(12-14-28)15-16-5-7-17(8-6-16)21(23,24)25/h1-10H,11-15H2. The number of rotatable bonds is 4. The van der Waals surface area contributed by atoms with Crippen molar-refractivity contribution in [2.45, 2.75) is 12.7 Å². The Hall–Kier alpha value is -2.87. The average molecular weight is 404 g/mol. The summed E-state index contributed by atoms with van der Waals surface area (Å²) in [4.78, 5) is 8.68. The predicted molar refractivity (Wildman–Crippen MR) is 102 cm³/mol. The third-order valence-corrected chi connectivity index (χ3v) is 5.08. The molecule has 0 atom stereocenters. The van der Waals surface area contributed by atoms with Crippen LogP contribution in [-0.2, 0) is 12.7 Å². The smallest absolute Gasteiger partial charge is 0.339 e. The summed E-state index contributed by atoms with van der Waals surface area (Å²) in [5.41, 5.74) is 0.664. The van der Waals surface area contributed by atoms with Gasteiger partial charge in [-0.25, -0.2) is 9.37 Å². The van der Waals surface area contributed by atoms with Crippen molar-refractivity contribution in [2.75, 3.05) is 31.1 Å². The molecule has 0 bridgehead atoms. The van der Waals surface area contributed by atoms with Gasteiger partial charge in [0.15, 0.2) is 0 Å². The van der Waals surface area contributed by atoms with Gasteiger partial charge in [-0.15, -0.1) is 0 Å². The van der Waals surface area contributed by atoms with Crippen LogP contribution >= 0.6 is 0 Å². The van der Waals surface area contributed by atoms with E-state index in [0.717, 1.165) is 30.8 Å². The van der Waals surface area contributed by atoms with E-state index in [1.54, 1.807) is 35.2 Å². The summed E-state index contributed by atoms with van der Waals surface area (Å²) in [5, 5.41) is 0. The van der Waals surface area contributed by atoms with E-state index in [4.69, 9.17) is 0 Å². The first-order chi connectivity index (χ1) is 13.9. The van der Waals surface area contributed by atoms with Crippen molar-refractivity contribution in [3.05, 3.63) is 77.9 Å². The number of anilines is 1. The van der Waals surface area contributed by atoms with Crippen molar-refractivity contribution in [2.24, 2.45) is 0 Å². The van der Waals surface area contributed by atoms with E-state index in [9.17, 15) is 17.6 Å². The van der Waals surface area contributed by atoms with Gasteiger partial charge in [-0.1, -0.05) is 24.3 Å². The van der Waals surface area contributed by atoms with E-state index in [0.29, 0.717) is 31.3 Å². The summed E-state index contributed by atoms with van der Waals surface area (Å²) >= 11 is 0. The lowest BCUT2D eigenvalue weighted by atomic mass is 10.1. The largest absolute Gasteiger partial charge is 0.416 e. The topological polar surface area (TPSA) is 24.3 Å². The fourth-order valence-corrected chi connectivity index (χ4v) is 3.53. The van der Waals surface area contributed by atoms with Crippen LogP contribution in [0.2, 0.25) is 0 Å². The Balaban J connectivity index is 1.40. The van der Waals surface area contributed by atoms with Gasteiger partial charge in [0.05, 0.1) is 11.3 Å². The lowest BCUT2D eigenvalue weighted by Crippen LogP contribution is -2.46. The summed E-state index contributed by atoms with van der Waals surface area (Å²) in [5.74, 6) is 0.372. The Kier molecular flexibility index (Phi) is 5.27. The molecule has 0 saturated carbocycles. The molecule has 2 heterocycles. The SMILES string of the molecule is Fc1ccccc1-n1ccnc1N1CCN(Cc2ccc(C(F)(F)F)cc2)CC1. The van der Waals surface area contributed by atoms with Gasteiger partial charge in [0.1, 0.15) is 5.82 Å². The lowest BCUT2D eigenvalue weighted by Gasteiger charge is -2.35. The maximum absolute atomic E-state index is 14.2. The van der Waals surface area contributed by atoms with Gasteiger partial charge in [-0.2, -0.15) is 13.2 Å². The van der Waals surface area contributed by atoms with Crippen LogP contribution in [0.25, 0.3) is 5.69 Å². The molecule has 0 amide bonds. The van der Waals surface area contributed by atoms with E-state index < -0.39 is 11.7 Å². The zero-order valence-corrected chi connectivity index (χ0v) is 15.6. The van der Waals surface area contributed by atoms with Crippen molar-refractivity contribution in [1.29, 1.82) is 0 Å². The Morgan fingerprint density at radius 2 is 1.59 bits per heavy atom. The van der Waals surface area contributed by atoms with Crippen LogP contribution < -0.4 is 4.90 Å². The van der Waals surface area contributed by atoms with Gasteiger partial charge in [-0.05, 0) is 29.8 Å². The molecule has 29 heavy (non-hydrogen) atoms. The number of benzene rings is 2. The van der Waals surface area contributed by atoms with Crippen molar-refractivity contribution < 1.29 is 17.6 Å². The Morgan fingerprint density at radius 3 is 2.24 bits per heavy atom. The zero-order chi connectivity index (χ0) is 20.4. The normalized spacial score (nSPS) is 15.7. The van der Waals surface area contributed by atoms with Gasteiger partial charge in [0, 0.05) is 45.1 Å². The van der Waals surface area contributed by atoms with Crippen LogP contribution in [0.5, 0.6) is 0 Å². The summed E-state index contributed by atoms with van der Waals surface area (Å²) in [6.45, 7) is 3.47. The molecule has 1 fully saturated rings. The number of aromatic nitrogens is 2. The third-order valence-electron chi connectivity index (χ3n) is 5.08. The first-order valence-corrected chi connectivity index (χ1v) is 9.33. The molecule has 152 valence electrons. The molecule has 3 aromatic rings. The first kappa shape index (κ1) is 19.4. The Labute approximate surface area is 166 Å². The molecular formula is C21H20F4N4. The van der Waals surface area contributed by atoms with Crippen LogP contribution in [0, 0.1) is 5.82 Å². The van der Waals surface area contributed by atoms with Gasteiger partial charge < -0.3 is 4.90 Å². The van der Waals surface area contributed by atoms with Crippen molar-refractivity contribution in [3.63, 3.8) is 0 Å². The minimum atomic E-state index is -4.32. The number of nitrogens with zero attached hydrogens (tertiary/aromatic N) is 4. The number of halogens is 4. The number of imidazole rings is 1. The molecule has 0 N–H and O–H groups in total. The minimum Gasteiger partial charge on any atom is -0.339 e. The lowest BCUT2D eigenvalue weighted by molar-refractivity contribution is -0.137. The minimum absolute atomic E-state index is 0.312. The van der Waals surface area contributed by atoms with E-state index in [2.05, 4.69) is 14.8 Å². The average Bonchev–Trinajstić information content (AvgIpc) is 3.18. The summed E-state index contributed by atoms with van der Waals surface area (Å²) in [6, 6.07) is 11.9. The second-order valence-corrected chi connectivity index (χ2v) is 7.01. The van der Waals surface area contributed by atoms with Crippen LogP contribution in [0.4, 0.5) is 23.5 Å². The monoisotopic (exact) mass is 404 g/mol. The Morgan fingerprint density at radius 1 is 0.897 bits per heavy atom. The van der Waals surface area contributed by atoms with Gasteiger partial charge in [0.25, 0.3) is 0 Å². The van der Waals surface area contributed by atoms with Gasteiger partial charge in [-0.3, -0.25) is 9.47 Å². The fourth-order valence-electron chi connectivity index (χ4n) is 3.53. The maximum Gasteiger partial charge on any atom is 0.416 e. The highest BCUT2D eigenvalue weighted by Gasteiger charge is 2.30. The number of alkyl halides is 3. The molecule has 8 heteroatoms. The highest BCUT2D eigenvalue weighted by molar-refractivity contribution is 5.44. The highest BCUT2D eigenvalue weighted by Crippen LogP contribution is 2.29. The second-order valence-electron chi connectivity index (χ2n) is 7.01. The van der Waals surface area contributed by atoms with E-state index in [-0.39, 0.29) is 5.82 Å². The number of piperazine rings is 1. The summed E-state index contributed by atoms with van der Waals surface area (Å²) in [6.07, 6.45) is -0.928. The molecule has 1 aromatic heterocycles. The molecule has 0 spiro atoms. The predicted octanol–water partition coefficient (Wildman–Crippen LogP) is 4.35. The number of para-hydroxylation sites is 1. The molecule has 1 aliphatic rings. The molecule has 4 rings (SSSR count). The highest BCUT2D eigenvalue weighted by atomic mass is 19.4. The molecular weight excluding hydrogens is 384 g/mol. The fraction of sp³-hybridized carbons (Fsp3) is 0.286. The summed E-state index contributed by atoms with van der Waals surface area (Å²) in [7, 11) is 0.